The molecule has 10 heavy (non-hydrogen) atoms. The molecule has 0 saturated heterocycles. The first-order valence-corrected chi connectivity index (χ1v) is 3.61. The highest BCUT2D eigenvalue weighted by atomic mass is 35.7. The van der Waals surface area contributed by atoms with Crippen LogP contribution in [0.3, 0.4) is 0 Å². The Morgan fingerprint density at radius 3 is 2.10 bits per heavy atom. The number of hydrogen-bond acceptors (Lipinski definition) is 6. The zero-order valence-electron chi connectivity index (χ0n) is 4.99. The summed E-state index contributed by atoms with van der Waals surface area (Å²) in [4.78, 5) is 3.85. The van der Waals surface area contributed by atoms with Gasteiger partial charge in [-0.25, -0.2) is 0 Å². The Labute approximate surface area is 59.6 Å². The van der Waals surface area contributed by atoms with Gasteiger partial charge in [-0.05, 0) is 0 Å². The van der Waals surface area contributed by atoms with E-state index >= 15 is 0 Å². The van der Waals surface area contributed by atoms with Crippen LogP contribution in [0.5, 0.6) is 0 Å². The molecule has 0 aromatic heterocycles. The van der Waals surface area contributed by atoms with Gasteiger partial charge in [-0.1, -0.05) is 0 Å². The predicted molar refractivity (Wildman–Crippen MR) is 23.6 cm³/mol. The van der Waals surface area contributed by atoms with Crippen LogP contribution in [0.4, 0.5) is 0 Å². The second kappa shape index (κ2) is 4.42. The lowest BCUT2D eigenvalue weighted by Crippen LogP contribution is -2.58. The molecular formula is C3H7ClN2O4. The van der Waals surface area contributed by atoms with Crippen LogP contribution in [-0.2, 0) is 0 Å². The fourth-order valence-electron chi connectivity index (χ4n) is 0.323. The molecule has 2 N–H and O–H groups in total. The van der Waals surface area contributed by atoms with Gasteiger partial charge in [-0.15, -0.1) is 0 Å². The third kappa shape index (κ3) is 15.6. The molecule has 0 fully saturated rings. The van der Waals surface area contributed by atoms with Crippen molar-refractivity contribution in [2.75, 3.05) is 13.1 Å². The monoisotopic (exact) mass is 170 g/mol. The van der Waals surface area contributed by atoms with Gasteiger partial charge in [0.1, 0.15) is 0 Å². The molecule has 1 rings (SSSR count). The first-order valence-electron chi connectivity index (χ1n) is 2.35. The number of rotatable bonds is 0. The Morgan fingerprint density at radius 1 is 1.50 bits per heavy atom. The highest BCUT2D eigenvalue weighted by molar-refractivity contribution is 5.56. The summed E-state index contributed by atoms with van der Waals surface area (Å²) in [6.45, 7) is 1.99. The summed E-state index contributed by atoms with van der Waals surface area (Å²) >= 11 is 0. The van der Waals surface area contributed by atoms with Crippen molar-refractivity contribution >= 4 is 6.34 Å². The molecule has 1 heterocycles. The molecule has 0 bridgehead atoms. The molecule has 60 valence electrons. The second-order valence-electron chi connectivity index (χ2n) is 1.39. The average Bonchev–Trinajstić information content (AvgIpc) is 2.07. The van der Waals surface area contributed by atoms with E-state index in [4.69, 9.17) is 18.6 Å². The van der Waals surface area contributed by atoms with Crippen LogP contribution in [0.15, 0.2) is 4.99 Å². The van der Waals surface area contributed by atoms with Crippen molar-refractivity contribution in [1.29, 1.82) is 0 Å². The van der Waals surface area contributed by atoms with Crippen molar-refractivity contribution in [1.82, 2.24) is 5.32 Å². The van der Waals surface area contributed by atoms with Crippen molar-refractivity contribution < 1.29 is 28.9 Å². The lowest BCUT2D eigenvalue weighted by molar-refractivity contribution is -1.92. The van der Waals surface area contributed by atoms with Gasteiger partial charge in [0.05, 0.1) is 27.8 Å². The quantitative estimate of drug-likeness (QED) is 0.380. The second-order valence-corrected chi connectivity index (χ2v) is 2.18. The number of aliphatic imine (C=N–C) groups is 1. The van der Waals surface area contributed by atoms with E-state index in [1.54, 1.807) is 6.34 Å². The zero-order valence-corrected chi connectivity index (χ0v) is 5.74. The van der Waals surface area contributed by atoms with Gasteiger partial charge in [0.15, 0.2) is 0 Å². The molecule has 1 aliphatic heterocycles. The van der Waals surface area contributed by atoms with Gasteiger partial charge >= 0.3 is 0 Å². The van der Waals surface area contributed by atoms with E-state index in [-0.39, 0.29) is 0 Å². The third-order valence-corrected chi connectivity index (χ3v) is 0.568. The normalized spacial score (nSPS) is 15.6. The summed E-state index contributed by atoms with van der Waals surface area (Å²) in [6.07, 6.45) is 1.74. The first kappa shape index (κ1) is 9.60. The minimum absolute atomic E-state index is 0.958. The van der Waals surface area contributed by atoms with Crippen LogP contribution >= 0.6 is 0 Å². The smallest absolute Gasteiger partial charge is 0.0825 e. The molecule has 0 saturated carbocycles. The van der Waals surface area contributed by atoms with Crippen LogP contribution in [0.1, 0.15) is 0 Å². The van der Waals surface area contributed by atoms with Crippen LogP contribution in [0, 0.1) is 10.2 Å². The number of hydrogen-bond donors (Lipinski definition) is 2. The fraction of sp³-hybridized carbons (Fsp3) is 0.667. The number of halogens is 1. The third-order valence-electron chi connectivity index (χ3n) is 0.568. The van der Waals surface area contributed by atoms with Gasteiger partial charge in [0.2, 0.25) is 0 Å². The zero-order chi connectivity index (χ0) is 8.04. The van der Waals surface area contributed by atoms with Crippen LogP contribution in [0.2, 0.25) is 0 Å². The Bertz CT molecular complexity index is 99.6. The molecule has 0 amide bonds. The SMILES string of the molecule is C1=NCCN1.[O-][Cl+3]([O-])([O-])O. The molecule has 1 aliphatic rings. The minimum atomic E-state index is -4.69. The van der Waals surface area contributed by atoms with Crippen LogP contribution in [-0.4, -0.2) is 24.1 Å². The summed E-state index contributed by atoms with van der Waals surface area (Å²) < 4.78 is 32.7. The van der Waals surface area contributed by atoms with E-state index in [9.17, 15) is 0 Å². The summed E-state index contributed by atoms with van der Waals surface area (Å²) in [5.41, 5.74) is 0. The number of nitrogens with one attached hydrogen (secondary N) is 1. The maximum atomic E-state index is 8.60. The standard InChI is InChI=1S/C3H6N2.ClHO4/c1-2-5-3-4-1;2-1(3,4)5/h3H,1-2H2,(H,4,5);(H,2,3,4,5). The van der Waals surface area contributed by atoms with E-state index in [0.717, 1.165) is 13.1 Å². The molecule has 0 unspecified atom stereocenters. The summed E-state index contributed by atoms with van der Waals surface area (Å²) in [5, 5.41) is 2.93. The highest BCUT2D eigenvalue weighted by Crippen LogP contribution is 1.68. The highest BCUT2D eigenvalue weighted by Gasteiger charge is 1.98. The fourth-order valence-corrected chi connectivity index (χ4v) is 0.323. The van der Waals surface area contributed by atoms with Crippen molar-refractivity contribution in [3.05, 3.63) is 0 Å². The van der Waals surface area contributed by atoms with E-state index < -0.39 is 10.2 Å². The van der Waals surface area contributed by atoms with Crippen molar-refractivity contribution in [2.45, 2.75) is 0 Å². The summed E-state index contributed by atoms with van der Waals surface area (Å²) in [5.74, 6) is 0. The van der Waals surface area contributed by atoms with Gasteiger partial charge in [0, 0.05) is 6.54 Å². The largest absolute Gasteiger partial charge is 0.375 e. The molecule has 0 aliphatic carbocycles. The van der Waals surface area contributed by atoms with E-state index in [0.29, 0.717) is 0 Å². The topological polar surface area (TPSA) is 114 Å². The van der Waals surface area contributed by atoms with Gasteiger partial charge < -0.3 is 5.32 Å². The predicted octanol–water partition coefficient (Wildman–Crippen LogP) is -4.51. The minimum Gasteiger partial charge on any atom is -0.375 e. The number of nitrogens with zero attached hydrogens (tertiary/aromatic N) is 1. The van der Waals surface area contributed by atoms with Gasteiger partial charge in [-0.3, -0.25) is 4.99 Å². The van der Waals surface area contributed by atoms with E-state index in [1.807, 2.05) is 0 Å². The molecule has 0 spiro atoms. The van der Waals surface area contributed by atoms with Crippen molar-refractivity contribution in [3.63, 3.8) is 0 Å². The Kier molecular flexibility index (Phi) is 4.24. The molecule has 0 radical (unpaired) electrons. The molecular weight excluding hydrogens is 163 g/mol. The molecule has 7 heteroatoms. The van der Waals surface area contributed by atoms with Crippen molar-refractivity contribution in [3.8, 4) is 0 Å². The maximum absolute atomic E-state index is 8.60. The van der Waals surface area contributed by atoms with Gasteiger partial charge in [-0.2, -0.15) is 14.0 Å². The first-order chi connectivity index (χ1) is 4.50. The van der Waals surface area contributed by atoms with Crippen LogP contribution < -0.4 is 19.3 Å². The molecule has 0 atom stereocenters. The Morgan fingerprint density at radius 2 is 2.00 bits per heavy atom. The lowest BCUT2D eigenvalue weighted by Gasteiger charge is -2.03. The molecule has 0 aromatic carbocycles. The summed E-state index contributed by atoms with van der Waals surface area (Å²) in [7, 11) is -4.69. The van der Waals surface area contributed by atoms with Crippen molar-refractivity contribution in [2.24, 2.45) is 4.99 Å². The maximum Gasteiger partial charge on any atom is 0.0825 e. The summed E-state index contributed by atoms with van der Waals surface area (Å²) in [6, 6.07) is 0. The average molecular weight is 171 g/mol. The van der Waals surface area contributed by atoms with Gasteiger partial charge in [0.25, 0.3) is 0 Å². The molecule has 6 nitrogen and oxygen atoms in total. The van der Waals surface area contributed by atoms with Crippen LogP contribution in [0.25, 0.3) is 0 Å². The lowest BCUT2D eigenvalue weighted by atomic mass is 10.7. The Balaban J connectivity index is 0.000000162. The van der Waals surface area contributed by atoms with E-state index in [2.05, 4.69) is 10.3 Å². The Hall–Kier alpha value is -0.400. The molecule has 0 aromatic rings. The van der Waals surface area contributed by atoms with E-state index in [1.165, 1.54) is 0 Å².